The molecule has 0 saturated heterocycles. The average molecular weight is 290 g/mol. The summed E-state index contributed by atoms with van der Waals surface area (Å²) < 4.78 is 1.57. The predicted molar refractivity (Wildman–Crippen MR) is 84.7 cm³/mol. The van der Waals surface area contributed by atoms with Crippen molar-refractivity contribution >= 4 is 5.69 Å². The molecule has 0 unspecified atom stereocenters. The summed E-state index contributed by atoms with van der Waals surface area (Å²) in [5.41, 5.74) is 0.879. The summed E-state index contributed by atoms with van der Waals surface area (Å²) in [4.78, 5) is 14.1. The minimum atomic E-state index is -0.0102. The molecule has 5 nitrogen and oxygen atoms in total. The number of hydrogen-bond donors (Lipinski definition) is 1. The van der Waals surface area contributed by atoms with Crippen molar-refractivity contribution in [2.75, 3.05) is 25.0 Å². The quantitative estimate of drug-likeness (QED) is 0.788. The van der Waals surface area contributed by atoms with Crippen molar-refractivity contribution in [3.8, 4) is 0 Å². The molecule has 1 aromatic rings. The highest BCUT2D eigenvalue weighted by atomic mass is 16.1. The molecular formula is C16H26N4O. The molecular weight excluding hydrogens is 264 g/mol. The van der Waals surface area contributed by atoms with Gasteiger partial charge in [-0.15, -0.1) is 0 Å². The van der Waals surface area contributed by atoms with Gasteiger partial charge in [0, 0.05) is 32.2 Å². The van der Waals surface area contributed by atoms with Crippen molar-refractivity contribution in [1.29, 1.82) is 0 Å². The zero-order valence-electron chi connectivity index (χ0n) is 13.1. The molecule has 0 amide bonds. The van der Waals surface area contributed by atoms with Gasteiger partial charge in [0.25, 0.3) is 5.56 Å². The van der Waals surface area contributed by atoms with Crippen molar-refractivity contribution in [3.05, 3.63) is 22.6 Å². The molecule has 2 fully saturated rings. The van der Waals surface area contributed by atoms with Crippen molar-refractivity contribution in [3.63, 3.8) is 0 Å². The van der Waals surface area contributed by atoms with Gasteiger partial charge in [-0.05, 0) is 44.4 Å². The van der Waals surface area contributed by atoms with E-state index in [0.29, 0.717) is 12.6 Å². The van der Waals surface area contributed by atoms with Crippen molar-refractivity contribution in [2.45, 2.75) is 45.2 Å². The van der Waals surface area contributed by atoms with Crippen LogP contribution in [0.5, 0.6) is 0 Å². The zero-order chi connectivity index (χ0) is 14.8. The highest BCUT2D eigenvalue weighted by Gasteiger charge is 2.40. The fraction of sp³-hybridized carbons (Fsp3) is 0.750. The van der Waals surface area contributed by atoms with E-state index < -0.39 is 0 Å². The molecule has 116 valence electrons. The molecule has 21 heavy (non-hydrogen) atoms. The Morgan fingerprint density at radius 2 is 2.05 bits per heavy atom. The summed E-state index contributed by atoms with van der Waals surface area (Å²) >= 11 is 0. The van der Waals surface area contributed by atoms with Gasteiger partial charge in [0.15, 0.2) is 0 Å². The van der Waals surface area contributed by atoms with E-state index in [2.05, 4.69) is 17.3 Å². The standard InChI is InChI=1S/C16H26N4O/c1-3-19(2)14-10-15(21)20(18-11-14)9-8-17-16(12-4-5-12)13-6-7-13/h10-13,16-17H,3-9H2,1-2H3. The summed E-state index contributed by atoms with van der Waals surface area (Å²) in [6.07, 6.45) is 7.30. The summed E-state index contributed by atoms with van der Waals surface area (Å²) in [5.74, 6) is 1.78. The molecule has 0 spiro atoms. The average Bonchev–Trinajstić information content (AvgIpc) is 3.37. The molecule has 0 bridgehead atoms. The van der Waals surface area contributed by atoms with Gasteiger partial charge in [-0.25, -0.2) is 4.68 Å². The smallest absolute Gasteiger partial charge is 0.268 e. The molecule has 0 radical (unpaired) electrons. The fourth-order valence-electron chi connectivity index (χ4n) is 2.95. The van der Waals surface area contributed by atoms with Gasteiger partial charge in [-0.3, -0.25) is 4.79 Å². The molecule has 2 saturated carbocycles. The molecule has 1 aromatic heterocycles. The number of aromatic nitrogens is 2. The van der Waals surface area contributed by atoms with Gasteiger partial charge in [0.2, 0.25) is 0 Å². The van der Waals surface area contributed by atoms with Gasteiger partial charge in [0.1, 0.15) is 0 Å². The topological polar surface area (TPSA) is 50.2 Å². The maximum atomic E-state index is 12.1. The maximum absolute atomic E-state index is 12.1. The fourth-order valence-corrected chi connectivity index (χ4v) is 2.95. The Hall–Kier alpha value is -1.36. The van der Waals surface area contributed by atoms with Crippen LogP contribution >= 0.6 is 0 Å². The first-order valence-corrected chi connectivity index (χ1v) is 8.20. The van der Waals surface area contributed by atoms with Crippen LogP contribution in [0.3, 0.4) is 0 Å². The summed E-state index contributed by atoms with van der Waals surface area (Å²) in [6.45, 7) is 4.43. The lowest BCUT2D eigenvalue weighted by Crippen LogP contribution is -2.37. The number of rotatable bonds is 8. The molecule has 3 rings (SSSR count). The maximum Gasteiger partial charge on any atom is 0.268 e. The minimum absolute atomic E-state index is 0.0102. The van der Waals surface area contributed by atoms with Gasteiger partial charge in [-0.2, -0.15) is 5.10 Å². The molecule has 2 aliphatic rings. The van der Waals surface area contributed by atoms with Crippen LogP contribution in [0, 0.1) is 11.8 Å². The Morgan fingerprint density at radius 1 is 1.38 bits per heavy atom. The Bertz CT molecular complexity index is 521. The van der Waals surface area contributed by atoms with Crippen molar-refractivity contribution in [1.82, 2.24) is 15.1 Å². The van der Waals surface area contributed by atoms with Gasteiger partial charge in [0.05, 0.1) is 18.4 Å². The van der Waals surface area contributed by atoms with Gasteiger partial charge in [-0.1, -0.05) is 0 Å². The van der Waals surface area contributed by atoms with E-state index in [4.69, 9.17) is 0 Å². The summed E-state index contributed by atoms with van der Waals surface area (Å²) in [5, 5.41) is 7.95. The van der Waals surface area contributed by atoms with Crippen LogP contribution in [-0.4, -0.2) is 36.0 Å². The highest BCUT2D eigenvalue weighted by molar-refractivity contribution is 5.41. The second-order valence-corrected chi connectivity index (χ2v) is 6.44. The zero-order valence-corrected chi connectivity index (χ0v) is 13.1. The van der Waals surface area contributed by atoms with Crippen LogP contribution in [0.1, 0.15) is 32.6 Å². The highest BCUT2D eigenvalue weighted by Crippen LogP contribution is 2.44. The van der Waals surface area contributed by atoms with E-state index in [1.807, 2.05) is 11.9 Å². The monoisotopic (exact) mass is 290 g/mol. The Kier molecular flexibility index (Phi) is 4.29. The lowest BCUT2D eigenvalue weighted by Gasteiger charge is -2.18. The van der Waals surface area contributed by atoms with Crippen LogP contribution in [0.4, 0.5) is 5.69 Å². The number of hydrogen-bond acceptors (Lipinski definition) is 4. The van der Waals surface area contributed by atoms with Crippen LogP contribution in [0.15, 0.2) is 17.1 Å². The molecule has 5 heteroatoms. The van der Waals surface area contributed by atoms with E-state index in [1.165, 1.54) is 25.7 Å². The first-order chi connectivity index (χ1) is 10.2. The SMILES string of the molecule is CCN(C)c1cnn(CCNC(C2CC2)C2CC2)c(=O)c1. The Morgan fingerprint density at radius 3 is 2.57 bits per heavy atom. The summed E-state index contributed by atoms with van der Waals surface area (Å²) in [7, 11) is 1.97. The van der Waals surface area contributed by atoms with Gasteiger partial charge >= 0.3 is 0 Å². The minimum Gasteiger partial charge on any atom is -0.373 e. The first kappa shape index (κ1) is 14.6. The lowest BCUT2D eigenvalue weighted by atomic mass is 10.1. The number of anilines is 1. The van der Waals surface area contributed by atoms with Crippen LogP contribution < -0.4 is 15.8 Å². The summed E-state index contributed by atoms with van der Waals surface area (Å²) in [6, 6.07) is 2.36. The van der Waals surface area contributed by atoms with E-state index in [0.717, 1.165) is 30.6 Å². The second-order valence-electron chi connectivity index (χ2n) is 6.44. The van der Waals surface area contributed by atoms with Crippen LogP contribution in [-0.2, 0) is 6.54 Å². The molecule has 2 aliphatic carbocycles. The van der Waals surface area contributed by atoms with E-state index in [1.54, 1.807) is 16.9 Å². The first-order valence-electron chi connectivity index (χ1n) is 8.20. The van der Waals surface area contributed by atoms with Gasteiger partial charge < -0.3 is 10.2 Å². The second kappa shape index (κ2) is 6.18. The largest absolute Gasteiger partial charge is 0.373 e. The molecule has 1 heterocycles. The van der Waals surface area contributed by atoms with E-state index in [9.17, 15) is 4.79 Å². The third-order valence-corrected chi connectivity index (χ3v) is 4.73. The molecule has 0 aliphatic heterocycles. The Balaban J connectivity index is 1.54. The van der Waals surface area contributed by atoms with Crippen LogP contribution in [0.2, 0.25) is 0 Å². The van der Waals surface area contributed by atoms with E-state index in [-0.39, 0.29) is 5.56 Å². The van der Waals surface area contributed by atoms with Crippen LogP contribution in [0.25, 0.3) is 0 Å². The molecule has 1 N–H and O–H groups in total. The Labute approximate surface area is 126 Å². The molecule has 0 aromatic carbocycles. The van der Waals surface area contributed by atoms with E-state index >= 15 is 0 Å². The number of nitrogens with zero attached hydrogens (tertiary/aromatic N) is 3. The third-order valence-electron chi connectivity index (χ3n) is 4.73. The lowest BCUT2D eigenvalue weighted by molar-refractivity contribution is 0.397. The predicted octanol–water partition coefficient (Wildman–Crippen LogP) is 1.48. The molecule has 0 atom stereocenters. The normalized spacial score (nSPS) is 18.2. The van der Waals surface area contributed by atoms with Crippen molar-refractivity contribution in [2.24, 2.45) is 11.8 Å². The van der Waals surface area contributed by atoms with Crippen molar-refractivity contribution < 1.29 is 0 Å². The third kappa shape index (κ3) is 3.64. The number of nitrogens with one attached hydrogen (secondary N) is 1.